The van der Waals surface area contributed by atoms with Gasteiger partial charge in [0.1, 0.15) is 5.82 Å². The largest absolute Gasteiger partial charge is 0.416 e. The molecule has 7 heteroatoms. The second-order valence-electron chi connectivity index (χ2n) is 4.52. The van der Waals surface area contributed by atoms with Crippen LogP contribution >= 0.6 is 0 Å². The normalized spacial score (nSPS) is 11.4. The SMILES string of the molecule is Cc1ccnc(N)c1C(=O)c1cc(C(F)(F)F)ccc1N. The van der Waals surface area contributed by atoms with Gasteiger partial charge >= 0.3 is 6.18 Å². The van der Waals surface area contributed by atoms with E-state index in [-0.39, 0.29) is 22.6 Å². The van der Waals surface area contributed by atoms with Crippen LogP contribution in [0.5, 0.6) is 0 Å². The number of halogens is 3. The lowest BCUT2D eigenvalue weighted by Gasteiger charge is -2.12. The minimum atomic E-state index is -4.56. The number of alkyl halides is 3. The Morgan fingerprint density at radius 3 is 2.43 bits per heavy atom. The Morgan fingerprint density at radius 1 is 1.19 bits per heavy atom. The molecule has 2 rings (SSSR count). The number of pyridine rings is 1. The molecule has 0 saturated carbocycles. The zero-order valence-corrected chi connectivity index (χ0v) is 11.0. The summed E-state index contributed by atoms with van der Waals surface area (Å²) < 4.78 is 38.2. The third-order valence-corrected chi connectivity index (χ3v) is 3.04. The van der Waals surface area contributed by atoms with Crippen LogP contribution in [0.3, 0.4) is 0 Å². The van der Waals surface area contributed by atoms with Gasteiger partial charge in [0.05, 0.1) is 11.1 Å². The van der Waals surface area contributed by atoms with Crippen LogP contribution in [0.25, 0.3) is 0 Å². The molecule has 0 radical (unpaired) electrons. The van der Waals surface area contributed by atoms with Crippen LogP contribution in [0.15, 0.2) is 30.5 Å². The summed E-state index contributed by atoms with van der Waals surface area (Å²) >= 11 is 0. The van der Waals surface area contributed by atoms with Crippen LogP contribution in [0, 0.1) is 6.92 Å². The van der Waals surface area contributed by atoms with Gasteiger partial charge in [0, 0.05) is 17.4 Å². The number of carbonyl (C=O) groups is 1. The quantitative estimate of drug-likeness (QED) is 0.659. The highest BCUT2D eigenvalue weighted by molar-refractivity contribution is 6.15. The van der Waals surface area contributed by atoms with Crippen molar-refractivity contribution in [1.82, 2.24) is 4.98 Å². The van der Waals surface area contributed by atoms with E-state index in [1.165, 1.54) is 6.20 Å². The minimum Gasteiger partial charge on any atom is -0.398 e. The Balaban J connectivity index is 2.59. The average molecular weight is 295 g/mol. The minimum absolute atomic E-state index is 0.0446. The summed E-state index contributed by atoms with van der Waals surface area (Å²) in [5, 5.41) is 0. The molecule has 110 valence electrons. The molecule has 0 amide bonds. The van der Waals surface area contributed by atoms with Crippen molar-refractivity contribution in [3.8, 4) is 0 Å². The molecule has 0 fully saturated rings. The zero-order valence-electron chi connectivity index (χ0n) is 11.0. The molecular weight excluding hydrogens is 283 g/mol. The van der Waals surface area contributed by atoms with Crippen molar-refractivity contribution in [2.75, 3.05) is 11.5 Å². The van der Waals surface area contributed by atoms with Crippen molar-refractivity contribution in [1.29, 1.82) is 0 Å². The van der Waals surface area contributed by atoms with Gasteiger partial charge in [-0.25, -0.2) is 4.98 Å². The van der Waals surface area contributed by atoms with Crippen molar-refractivity contribution >= 4 is 17.3 Å². The summed E-state index contributed by atoms with van der Waals surface area (Å²) in [4.78, 5) is 16.2. The van der Waals surface area contributed by atoms with Crippen LogP contribution in [0.1, 0.15) is 27.0 Å². The lowest BCUT2D eigenvalue weighted by atomic mass is 9.97. The average Bonchev–Trinajstić information content (AvgIpc) is 2.37. The summed E-state index contributed by atoms with van der Waals surface area (Å²) in [7, 11) is 0. The summed E-state index contributed by atoms with van der Waals surface area (Å²) in [6.45, 7) is 1.62. The highest BCUT2D eigenvalue weighted by Crippen LogP contribution is 2.32. The number of nitrogen functional groups attached to an aromatic ring is 2. The first kappa shape index (κ1) is 14.8. The van der Waals surface area contributed by atoms with Gasteiger partial charge in [0.25, 0.3) is 0 Å². The van der Waals surface area contributed by atoms with E-state index in [0.717, 1.165) is 18.2 Å². The maximum absolute atomic E-state index is 12.7. The lowest BCUT2D eigenvalue weighted by molar-refractivity contribution is -0.137. The molecule has 0 unspecified atom stereocenters. The fraction of sp³-hybridized carbons (Fsp3) is 0.143. The van der Waals surface area contributed by atoms with E-state index in [1.54, 1.807) is 13.0 Å². The molecule has 0 aliphatic rings. The number of hydrogen-bond acceptors (Lipinski definition) is 4. The van der Waals surface area contributed by atoms with E-state index in [0.29, 0.717) is 5.56 Å². The summed E-state index contributed by atoms with van der Waals surface area (Å²) in [6, 6.07) is 4.15. The number of benzene rings is 1. The third kappa shape index (κ3) is 2.81. The van der Waals surface area contributed by atoms with Gasteiger partial charge < -0.3 is 11.5 Å². The second kappa shape index (κ2) is 5.08. The van der Waals surface area contributed by atoms with Crippen molar-refractivity contribution in [3.05, 3.63) is 52.7 Å². The molecule has 0 bridgehead atoms. The summed E-state index contributed by atoms with van der Waals surface area (Å²) in [6.07, 6.45) is -3.14. The van der Waals surface area contributed by atoms with Gasteiger partial charge in [-0.2, -0.15) is 13.2 Å². The van der Waals surface area contributed by atoms with E-state index in [9.17, 15) is 18.0 Å². The van der Waals surface area contributed by atoms with E-state index in [1.807, 2.05) is 0 Å². The number of nitrogens with zero attached hydrogens (tertiary/aromatic N) is 1. The topological polar surface area (TPSA) is 82.0 Å². The number of ketones is 1. The third-order valence-electron chi connectivity index (χ3n) is 3.04. The maximum Gasteiger partial charge on any atom is 0.416 e. The van der Waals surface area contributed by atoms with E-state index in [4.69, 9.17) is 11.5 Å². The van der Waals surface area contributed by atoms with Crippen molar-refractivity contribution in [2.24, 2.45) is 0 Å². The fourth-order valence-corrected chi connectivity index (χ4v) is 1.94. The molecule has 1 aromatic carbocycles. The molecule has 0 saturated heterocycles. The number of nitrogens with two attached hydrogens (primary N) is 2. The second-order valence-corrected chi connectivity index (χ2v) is 4.52. The Labute approximate surface area is 118 Å². The number of aromatic nitrogens is 1. The molecule has 4 N–H and O–H groups in total. The Hall–Kier alpha value is -2.57. The molecule has 1 aromatic heterocycles. The number of carbonyl (C=O) groups excluding carboxylic acids is 1. The van der Waals surface area contributed by atoms with Gasteiger partial charge in [-0.3, -0.25) is 4.79 Å². The van der Waals surface area contributed by atoms with E-state index >= 15 is 0 Å². The first-order valence-electron chi connectivity index (χ1n) is 5.94. The van der Waals surface area contributed by atoms with Gasteiger partial charge in [0.2, 0.25) is 0 Å². The van der Waals surface area contributed by atoms with Crippen LogP contribution < -0.4 is 11.5 Å². The lowest BCUT2D eigenvalue weighted by Crippen LogP contribution is -2.13. The van der Waals surface area contributed by atoms with Gasteiger partial charge in [-0.1, -0.05) is 0 Å². The van der Waals surface area contributed by atoms with E-state index in [2.05, 4.69) is 4.98 Å². The highest BCUT2D eigenvalue weighted by atomic mass is 19.4. The van der Waals surface area contributed by atoms with Gasteiger partial charge in [-0.05, 0) is 36.8 Å². The van der Waals surface area contributed by atoms with Crippen molar-refractivity contribution in [2.45, 2.75) is 13.1 Å². The predicted octanol–water partition coefficient (Wildman–Crippen LogP) is 2.80. The van der Waals surface area contributed by atoms with Crippen LogP contribution in [0.2, 0.25) is 0 Å². The fourth-order valence-electron chi connectivity index (χ4n) is 1.94. The molecule has 2 aromatic rings. The number of aryl methyl sites for hydroxylation is 1. The molecule has 0 atom stereocenters. The first-order valence-corrected chi connectivity index (χ1v) is 5.94. The Bertz CT molecular complexity index is 691. The summed E-state index contributed by atoms with van der Waals surface area (Å²) in [5.74, 6) is -0.724. The van der Waals surface area contributed by atoms with Crippen molar-refractivity contribution < 1.29 is 18.0 Å². The Kier molecular flexibility index (Phi) is 3.59. The Morgan fingerprint density at radius 2 is 1.86 bits per heavy atom. The molecule has 4 nitrogen and oxygen atoms in total. The van der Waals surface area contributed by atoms with Gasteiger partial charge in [0.15, 0.2) is 5.78 Å². The van der Waals surface area contributed by atoms with Crippen LogP contribution in [-0.2, 0) is 6.18 Å². The van der Waals surface area contributed by atoms with Gasteiger partial charge in [-0.15, -0.1) is 0 Å². The standard InChI is InChI=1S/C14H12F3N3O/c1-7-4-5-20-13(19)11(7)12(21)9-6-8(14(15,16)17)2-3-10(9)18/h2-6H,18H2,1H3,(H2,19,20). The summed E-state index contributed by atoms with van der Waals surface area (Å²) in [5.41, 5.74) is 10.6. The molecule has 21 heavy (non-hydrogen) atoms. The molecular formula is C14H12F3N3O. The van der Waals surface area contributed by atoms with Crippen LogP contribution in [0.4, 0.5) is 24.7 Å². The monoisotopic (exact) mass is 295 g/mol. The molecule has 0 aliphatic carbocycles. The van der Waals surface area contributed by atoms with E-state index < -0.39 is 17.5 Å². The predicted molar refractivity (Wildman–Crippen MR) is 72.7 cm³/mol. The number of anilines is 2. The molecule has 0 spiro atoms. The molecule has 0 aliphatic heterocycles. The number of rotatable bonds is 2. The smallest absolute Gasteiger partial charge is 0.398 e. The van der Waals surface area contributed by atoms with Crippen LogP contribution in [-0.4, -0.2) is 10.8 Å². The number of hydrogen-bond donors (Lipinski definition) is 2. The zero-order chi connectivity index (χ0) is 15.8. The highest BCUT2D eigenvalue weighted by Gasteiger charge is 2.32. The van der Waals surface area contributed by atoms with Crippen molar-refractivity contribution in [3.63, 3.8) is 0 Å². The maximum atomic E-state index is 12.7. The molecule has 1 heterocycles. The first-order chi connectivity index (χ1) is 9.71.